The molecule has 6 nitrogen and oxygen atoms in total. The quantitative estimate of drug-likeness (QED) is 0.832. The minimum absolute atomic E-state index is 0. The third kappa shape index (κ3) is 4.43. The van der Waals surface area contributed by atoms with Gasteiger partial charge in [-0.05, 0) is 19.4 Å². The molecule has 1 aliphatic rings. The fourth-order valence-corrected chi connectivity index (χ4v) is 2.74. The Morgan fingerprint density at radius 1 is 1.39 bits per heavy atom. The fraction of sp³-hybridized carbons (Fsp3) is 0.500. The van der Waals surface area contributed by atoms with Gasteiger partial charge in [-0.1, -0.05) is 30.3 Å². The number of carbonyl (C=O) groups is 2. The Hall–Kier alpha value is -1.63. The van der Waals surface area contributed by atoms with Crippen LogP contribution >= 0.6 is 12.4 Å². The molecule has 1 aromatic carbocycles. The number of amides is 2. The summed E-state index contributed by atoms with van der Waals surface area (Å²) in [5.41, 5.74) is 6.32. The van der Waals surface area contributed by atoms with E-state index in [-0.39, 0.29) is 36.9 Å². The van der Waals surface area contributed by atoms with E-state index in [0.29, 0.717) is 13.1 Å². The van der Waals surface area contributed by atoms with Gasteiger partial charge in [0.15, 0.2) is 6.10 Å². The number of nitrogens with zero attached hydrogens (tertiary/aromatic N) is 1. The van der Waals surface area contributed by atoms with E-state index in [4.69, 9.17) is 10.5 Å². The van der Waals surface area contributed by atoms with Gasteiger partial charge in [-0.3, -0.25) is 9.59 Å². The van der Waals surface area contributed by atoms with E-state index in [0.717, 1.165) is 5.56 Å². The van der Waals surface area contributed by atoms with E-state index in [2.05, 4.69) is 5.32 Å². The number of nitrogens with two attached hydrogens (primary N) is 1. The van der Waals surface area contributed by atoms with Gasteiger partial charge in [-0.15, -0.1) is 12.4 Å². The van der Waals surface area contributed by atoms with Gasteiger partial charge in [-0.25, -0.2) is 0 Å². The van der Waals surface area contributed by atoms with Gasteiger partial charge in [0.05, 0.1) is 6.04 Å². The summed E-state index contributed by atoms with van der Waals surface area (Å²) in [6.45, 7) is 4.54. The molecule has 1 heterocycles. The van der Waals surface area contributed by atoms with Crippen molar-refractivity contribution in [3.63, 3.8) is 0 Å². The van der Waals surface area contributed by atoms with Crippen molar-refractivity contribution in [1.82, 2.24) is 10.2 Å². The molecule has 2 amide bonds. The maximum absolute atomic E-state index is 12.4. The highest BCUT2D eigenvalue weighted by Crippen LogP contribution is 2.32. The van der Waals surface area contributed by atoms with Crippen molar-refractivity contribution in [2.24, 2.45) is 5.73 Å². The average Bonchev–Trinajstić information content (AvgIpc) is 2.52. The van der Waals surface area contributed by atoms with Crippen LogP contribution in [0.1, 0.15) is 25.5 Å². The largest absolute Gasteiger partial charge is 0.356 e. The predicted octanol–water partition coefficient (Wildman–Crippen LogP) is 0.860. The van der Waals surface area contributed by atoms with Crippen LogP contribution in [0.15, 0.2) is 30.3 Å². The van der Waals surface area contributed by atoms with Crippen LogP contribution in [-0.2, 0) is 14.3 Å². The molecule has 1 fully saturated rings. The third-order valence-corrected chi connectivity index (χ3v) is 3.66. The molecule has 2 rings (SSSR count). The van der Waals surface area contributed by atoms with Gasteiger partial charge >= 0.3 is 0 Å². The van der Waals surface area contributed by atoms with Crippen LogP contribution < -0.4 is 11.1 Å². The molecule has 2 atom stereocenters. The van der Waals surface area contributed by atoms with Crippen molar-refractivity contribution >= 4 is 24.2 Å². The number of halogens is 1. The standard InChI is InChI=1S/C16H23N3O3.ClH/c1-11(2)19-13(20)10-22-15(16(21)18-9-8-17)14(19)12-6-4-3-5-7-12;/h3-7,11,14-15H,8-10,17H2,1-2H3,(H,18,21);1H/t14-,15+;/m1./s1. The maximum Gasteiger partial charge on any atom is 0.251 e. The van der Waals surface area contributed by atoms with E-state index in [1.807, 2.05) is 44.2 Å². The Morgan fingerprint density at radius 3 is 2.61 bits per heavy atom. The number of rotatable bonds is 5. The van der Waals surface area contributed by atoms with E-state index in [1.54, 1.807) is 4.90 Å². The molecule has 0 bridgehead atoms. The Balaban J connectivity index is 0.00000264. The summed E-state index contributed by atoms with van der Waals surface area (Å²) in [7, 11) is 0. The summed E-state index contributed by atoms with van der Waals surface area (Å²) in [4.78, 5) is 26.4. The summed E-state index contributed by atoms with van der Waals surface area (Å²) < 4.78 is 5.55. The normalized spacial score (nSPS) is 21.0. The molecular weight excluding hydrogens is 318 g/mol. The topological polar surface area (TPSA) is 84.7 Å². The molecule has 0 aliphatic carbocycles. The molecule has 0 unspecified atom stereocenters. The number of carbonyl (C=O) groups excluding carboxylic acids is 2. The monoisotopic (exact) mass is 341 g/mol. The second-order valence-corrected chi connectivity index (χ2v) is 5.56. The van der Waals surface area contributed by atoms with Gasteiger partial charge < -0.3 is 20.7 Å². The van der Waals surface area contributed by atoms with Crippen molar-refractivity contribution in [1.29, 1.82) is 0 Å². The summed E-state index contributed by atoms with van der Waals surface area (Å²) in [6, 6.07) is 9.05. The minimum atomic E-state index is -0.728. The highest BCUT2D eigenvalue weighted by atomic mass is 35.5. The molecule has 1 aromatic rings. The number of ether oxygens (including phenoxy) is 1. The predicted molar refractivity (Wildman–Crippen MR) is 90.2 cm³/mol. The highest BCUT2D eigenvalue weighted by molar-refractivity contribution is 5.86. The summed E-state index contributed by atoms with van der Waals surface area (Å²) in [5, 5.41) is 2.75. The Bertz CT molecular complexity index is 525. The molecule has 1 aliphatic heterocycles. The average molecular weight is 342 g/mol. The molecule has 7 heteroatoms. The van der Waals surface area contributed by atoms with Crippen molar-refractivity contribution in [2.75, 3.05) is 19.7 Å². The van der Waals surface area contributed by atoms with Crippen molar-refractivity contribution in [3.8, 4) is 0 Å². The van der Waals surface area contributed by atoms with Gasteiger partial charge in [0, 0.05) is 19.1 Å². The van der Waals surface area contributed by atoms with Crippen LogP contribution in [0.2, 0.25) is 0 Å². The van der Waals surface area contributed by atoms with Gasteiger partial charge in [0.2, 0.25) is 5.91 Å². The Morgan fingerprint density at radius 2 is 2.04 bits per heavy atom. The second-order valence-electron chi connectivity index (χ2n) is 5.56. The maximum atomic E-state index is 12.4. The van der Waals surface area contributed by atoms with Crippen LogP contribution in [0.3, 0.4) is 0 Å². The zero-order chi connectivity index (χ0) is 16.1. The zero-order valence-electron chi connectivity index (χ0n) is 13.4. The Labute approximate surface area is 142 Å². The fourth-order valence-electron chi connectivity index (χ4n) is 2.74. The molecule has 0 radical (unpaired) electrons. The van der Waals surface area contributed by atoms with Gasteiger partial charge in [-0.2, -0.15) is 0 Å². The Kier molecular flexibility index (Phi) is 7.48. The van der Waals surface area contributed by atoms with E-state index in [9.17, 15) is 9.59 Å². The SMILES string of the molecule is CC(C)N1C(=O)CO[C@H](C(=O)NCCN)[C@H]1c1ccccc1.Cl. The number of nitrogens with one attached hydrogen (secondary N) is 1. The first-order valence-electron chi connectivity index (χ1n) is 7.51. The molecule has 0 aromatic heterocycles. The number of benzene rings is 1. The van der Waals surface area contributed by atoms with Crippen LogP contribution in [0.4, 0.5) is 0 Å². The molecule has 128 valence electrons. The van der Waals surface area contributed by atoms with Gasteiger partial charge in [0.1, 0.15) is 6.61 Å². The summed E-state index contributed by atoms with van der Waals surface area (Å²) in [6.07, 6.45) is -0.728. The van der Waals surface area contributed by atoms with E-state index >= 15 is 0 Å². The molecule has 0 spiro atoms. The lowest BCUT2D eigenvalue weighted by Crippen LogP contribution is -2.56. The van der Waals surface area contributed by atoms with E-state index < -0.39 is 12.1 Å². The van der Waals surface area contributed by atoms with Crippen LogP contribution in [-0.4, -0.2) is 48.6 Å². The first-order chi connectivity index (χ1) is 10.6. The first-order valence-corrected chi connectivity index (χ1v) is 7.51. The summed E-state index contributed by atoms with van der Waals surface area (Å²) >= 11 is 0. The van der Waals surface area contributed by atoms with Crippen molar-refractivity contribution < 1.29 is 14.3 Å². The number of hydrogen-bond donors (Lipinski definition) is 2. The first kappa shape index (κ1) is 19.4. The molecular formula is C16H24ClN3O3. The summed E-state index contributed by atoms with van der Waals surface area (Å²) in [5.74, 6) is -0.343. The van der Waals surface area contributed by atoms with Crippen molar-refractivity contribution in [2.45, 2.75) is 32.0 Å². The lowest BCUT2D eigenvalue weighted by molar-refractivity contribution is -0.167. The number of morpholine rings is 1. The van der Waals surface area contributed by atoms with Crippen LogP contribution in [0.5, 0.6) is 0 Å². The zero-order valence-corrected chi connectivity index (χ0v) is 14.2. The minimum Gasteiger partial charge on any atom is -0.356 e. The smallest absolute Gasteiger partial charge is 0.251 e. The molecule has 1 saturated heterocycles. The molecule has 23 heavy (non-hydrogen) atoms. The molecule has 0 saturated carbocycles. The second kappa shape index (κ2) is 8.86. The van der Waals surface area contributed by atoms with Gasteiger partial charge in [0.25, 0.3) is 5.91 Å². The lowest BCUT2D eigenvalue weighted by Gasteiger charge is -2.42. The third-order valence-electron chi connectivity index (χ3n) is 3.66. The number of hydrogen-bond acceptors (Lipinski definition) is 4. The van der Waals surface area contributed by atoms with Crippen molar-refractivity contribution in [3.05, 3.63) is 35.9 Å². The lowest BCUT2D eigenvalue weighted by atomic mass is 9.96. The molecule has 3 N–H and O–H groups in total. The van der Waals surface area contributed by atoms with Crippen LogP contribution in [0, 0.1) is 0 Å². The van der Waals surface area contributed by atoms with E-state index in [1.165, 1.54) is 0 Å². The van der Waals surface area contributed by atoms with Crippen LogP contribution in [0.25, 0.3) is 0 Å². The highest BCUT2D eigenvalue weighted by Gasteiger charge is 2.42.